The predicted molar refractivity (Wildman–Crippen MR) is 125 cm³/mol. The third-order valence-corrected chi connectivity index (χ3v) is 7.81. The van der Waals surface area contributed by atoms with Crippen molar-refractivity contribution >= 4 is 23.4 Å². The molecule has 0 radical (unpaired) electrons. The highest BCUT2D eigenvalue weighted by molar-refractivity contribution is 6.23. The van der Waals surface area contributed by atoms with E-state index in [1.165, 1.54) is 25.2 Å². The van der Waals surface area contributed by atoms with Crippen molar-refractivity contribution in [3.8, 4) is 17.2 Å². The second kappa shape index (κ2) is 8.22. The first-order valence-corrected chi connectivity index (χ1v) is 11.7. The fraction of sp³-hybridized carbons (Fsp3) is 0.407. The molecule has 1 fully saturated rings. The number of likely N-dealkylation sites (tertiary alicyclic amines) is 1. The van der Waals surface area contributed by atoms with Crippen molar-refractivity contribution in [3.05, 3.63) is 52.1 Å². The van der Waals surface area contributed by atoms with Gasteiger partial charge in [-0.25, -0.2) is 0 Å². The van der Waals surface area contributed by atoms with Crippen LogP contribution >= 0.6 is 0 Å². The summed E-state index contributed by atoms with van der Waals surface area (Å²) in [6, 6.07) is 3.27. The average Bonchev–Trinajstić information content (AvgIpc) is 3.10. The minimum atomic E-state index is -0.633. The smallest absolute Gasteiger partial charge is 0.233 e. The Morgan fingerprint density at radius 1 is 1.03 bits per heavy atom. The van der Waals surface area contributed by atoms with E-state index in [4.69, 9.17) is 9.47 Å². The maximum Gasteiger partial charge on any atom is 0.233 e. The summed E-state index contributed by atoms with van der Waals surface area (Å²) in [5, 5.41) is 10.5. The lowest BCUT2D eigenvalue weighted by Gasteiger charge is -2.42. The third kappa shape index (κ3) is 3.19. The molecular formula is C27H27NO7. The number of ether oxygens (including phenoxy) is 2. The maximum absolute atomic E-state index is 13.4. The van der Waals surface area contributed by atoms with Crippen LogP contribution in [0, 0.1) is 17.8 Å². The highest BCUT2D eigenvalue weighted by Crippen LogP contribution is 2.56. The van der Waals surface area contributed by atoms with Crippen molar-refractivity contribution in [1.29, 1.82) is 0 Å². The number of carbonyl (C=O) groups is 4. The zero-order valence-electron chi connectivity index (χ0n) is 20.1. The van der Waals surface area contributed by atoms with Gasteiger partial charge in [0.25, 0.3) is 0 Å². The molecule has 3 aliphatic carbocycles. The number of allylic oxidation sites excluding steroid dienone is 6. The molecule has 1 N–H and O–H groups in total. The number of nitrogens with zero attached hydrogens (tertiary/aromatic N) is 1. The summed E-state index contributed by atoms with van der Waals surface area (Å²) in [5.41, 5.74) is 2.58. The normalized spacial score (nSPS) is 27.8. The number of phenols is 1. The Bertz CT molecular complexity index is 1260. The van der Waals surface area contributed by atoms with Crippen LogP contribution in [0.15, 0.2) is 46.6 Å². The van der Waals surface area contributed by atoms with Crippen molar-refractivity contribution < 1.29 is 33.8 Å². The van der Waals surface area contributed by atoms with E-state index in [1.807, 2.05) is 6.08 Å². The number of methoxy groups -OCH3 is 2. The molecule has 4 aliphatic rings. The summed E-state index contributed by atoms with van der Waals surface area (Å²) in [6.45, 7) is 3.70. The number of hydrogen-bond acceptors (Lipinski definition) is 7. The molecule has 0 spiro atoms. The summed E-state index contributed by atoms with van der Waals surface area (Å²) < 4.78 is 10.7. The van der Waals surface area contributed by atoms with E-state index in [2.05, 4.69) is 0 Å². The van der Waals surface area contributed by atoms with Crippen molar-refractivity contribution in [3.63, 3.8) is 0 Å². The van der Waals surface area contributed by atoms with Crippen molar-refractivity contribution in [2.45, 2.75) is 32.6 Å². The van der Waals surface area contributed by atoms with Crippen LogP contribution in [0.3, 0.4) is 0 Å². The summed E-state index contributed by atoms with van der Waals surface area (Å²) in [5.74, 6) is -2.75. The first-order chi connectivity index (χ1) is 16.7. The number of benzene rings is 1. The first kappa shape index (κ1) is 23.1. The van der Waals surface area contributed by atoms with Crippen molar-refractivity contribution in [2.24, 2.45) is 17.8 Å². The van der Waals surface area contributed by atoms with E-state index in [0.717, 1.165) is 5.57 Å². The van der Waals surface area contributed by atoms with E-state index in [9.17, 15) is 24.3 Å². The SMILES string of the molecule is CCN1C(=O)[C@H]2[C@H](CC=C3[C@H](c4cc(OC)c(O)c(OC)c4)C4=C(C[C@H]32)C(=O)C=C(C)C4=O)C1=O. The van der Waals surface area contributed by atoms with E-state index < -0.39 is 17.8 Å². The summed E-state index contributed by atoms with van der Waals surface area (Å²) >= 11 is 0. The standard InChI is InChI=1S/C27H27NO7/c1-5-28-26(32)15-7-6-14-16(22(15)27(28)33)11-17-18(29)8-12(2)24(30)23(17)21(14)13-9-19(34-3)25(31)20(10-13)35-4/h6,8-10,15-16,21-22,31H,5,7,11H2,1-4H3/t15-,16+,21-,22-/m0/s1. The Kier molecular flexibility index (Phi) is 5.42. The molecule has 1 saturated heterocycles. The largest absolute Gasteiger partial charge is 0.502 e. The van der Waals surface area contributed by atoms with Gasteiger partial charge in [0.1, 0.15) is 0 Å². The van der Waals surface area contributed by atoms with E-state index >= 15 is 0 Å². The second-order valence-electron chi connectivity index (χ2n) is 9.42. The van der Waals surface area contributed by atoms with Gasteiger partial charge in [-0.2, -0.15) is 0 Å². The number of fused-ring (bicyclic) bond motifs is 3. The first-order valence-electron chi connectivity index (χ1n) is 11.7. The van der Waals surface area contributed by atoms with Crippen LogP contribution in [-0.2, 0) is 19.2 Å². The van der Waals surface area contributed by atoms with Gasteiger partial charge in [-0.3, -0.25) is 24.1 Å². The molecule has 0 aromatic heterocycles. The van der Waals surface area contributed by atoms with Gasteiger partial charge in [0.05, 0.1) is 26.1 Å². The molecule has 1 aliphatic heterocycles. The molecular weight excluding hydrogens is 450 g/mol. The molecule has 0 bridgehead atoms. The van der Waals surface area contributed by atoms with Crippen LogP contribution in [0.2, 0.25) is 0 Å². The lowest BCUT2D eigenvalue weighted by molar-refractivity contribution is -0.139. The van der Waals surface area contributed by atoms with Crippen LogP contribution in [0.4, 0.5) is 0 Å². The molecule has 35 heavy (non-hydrogen) atoms. The van der Waals surface area contributed by atoms with Gasteiger partial charge in [0.2, 0.25) is 17.6 Å². The average molecular weight is 478 g/mol. The van der Waals surface area contributed by atoms with Gasteiger partial charge < -0.3 is 14.6 Å². The molecule has 1 aromatic carbocycles. The molecule has 2 amide bonds. The van der Waals surface area contributed by atoms with Gasteiger partial charge in [-0.05, 0) is 56.4 Å². The number of imide groups is 1. The Balaban J connectivity index is 1.73. The number of Topliss-reactive ketones (excluding diaryl/α,β-unsaturated/α-hetero) is 1. The number of aromatic hydroxyl groups is 1. The summed E-state index contributed by atoms with van der Waals surface area (Å²) in [7, 11) is 2.84. The van der Waals surface area contributed by atoms with Crippen LogP contribution in [-0.4, -0.2) is 54.2 Å². The highest BCUT2D eigenvalue weighted by Gasteiger charge is 2.56. The van der Waals surface area contributed by atoms with Gasteiger partial charge in [-0.1, -0.05) is 11.6 Å². The van der Waals surface area contributed by atoms with Gasteiger partial charge in [0, 0.05) is 29.2 Å². The van der Waals surface area contributed by atoms with Gasteiger partial charge in [-0.15, -0.1) is 0 Å². The minimum absolute atomic E-state index is 0.170. The molecule has 8 nitrogen and oxygen atoms in total. The quantitative estimate of drug-likeness (QED) is 0.403. The predicted octanol–water partition coefficient (Wildman–Crippen LogP) is 2.86. The summed E-state index contributed by atoms with van der Waals surface area (Å²) in [4.78, 5) is 54.1. The van der Waals surface area contributed by atoms with E-state index in [1.54, 1.807) is 26.0 Å². The Labute approximate surface area is 202 Å². The fourth-order valence-electron chi connectivity index (χ4n) is 6.20. The Morgan fingerprint density at radius 3 is 2.29 bits per heavy atom. The highest BCUT2D eigenvalue weighted by atomic mass is 16.5. The number of ketones is 2. The van der Waals surface area contributed by atoms with Crippen LogP contribution < -0.4 is 9.47 Å². The Hall–Kier alpha value is -3.68. The third-order valence-electron chi connectivity index (χ3n) is 7.81. The molecule has 5 rings (SSSR count). The van der Waals surface area contributed by atoms with Gasteiger partial charge >= 0.3 is 0 Å². The van der Waals surface area contributed by atoms with E-state index in [0.29, 0.717) is 35.2 Å². The molecule has 4 atom stereocenters. The van der Waals surface area contributed by atoms with Crippen LogP contribution in [0.25, 0.3) is 0 Å². The zero-order chi connectivity index (χ0) is 25.2. The molecule has 1 heterocycles. The number of hydrogen-bond donors (Lipinski definition) is 1. The second-order valence-corrected chi connectivity index (χ2v) is 9.42. The molecule has 1 aromatic rings. The molecule has 182 valence electrons. The fourth-order valence-corrected chi connectivity index (χ4v) is 6.20. The molecule has 8 heteroatoms. The van der Waals surface area contributed by atoms with E-state index in [-0.39, 0.29) is 53.0 Å². The van der Waals surface area contributed by atoms with Crippen molar-refractivity contribution in [2.75, 3.05) is 20.8 Å². The number of phenolic OH excluding ortho intramolecular Hbond substituents is 1. The summed E-state index contributed by atoms with van der Waals surface area (Å²) in [6.07, 6.45) is 3.93. The monoisotopic (exact) mass is 477 g/mol. The lowest BCUT2D eigenvalue weighted by Crippen LogP contribution is -2.39. The number of amides is 2. The molecule has 0 saturated carbocycles. The zero-order valence-corrected chi connectivity index (χ0v) is 20.1. The van der Waals surface area contributed by atoms with Crippen LogP contribution in [0.5, 0.6) is 17.2 Å². The minimum Gasteiger partial charge on any atom is -0.502 e. The van der Waals surface area contributed by atoms with Gasteiger partial charge in [0.15, 0.2) is 23.1 Å². The molecule has 0 unspecified atom stereocenters. The number of carbonyl (C=O) groups excluding carboxylic acids is 4. The lowest BCUT2D eigenvalue weighted by atomic mass is 9.59. The topological polar surface area (TPSA) is 110 Å². The van der Waals surface area contributed by atoms with Crippen LogP contribution in [0.1, 0.15) is 38.2 Å². The number of rotatable bonds is 4. The van der Waals surface area contributed by atoms with Crippen molar-refractivity contribution in [1.82, 2.24) is 4.90 Å². The maximum atomic E-state index is 13.4. The Morgan fingerprint density at radius 2 is 1.69 bits per heavy atom.